The molecule has 0 spiro atoms. The number of carbonyl (C=O) groups is 1. The van der Waals surface area contributed by atoms with Gasteiger partial charge in [0, 0.05) is 12.2 Å². The first kappa shape index (κ1) is 14.7. The molecule has 2 aromatic rings. The number of nitrogens with zero attached hydrogens (tertiary/aromatic N) is 2. The molecule has 0 radical (unpaired) electrons. The van der Waals surface area contributed by atoms with Crippen LogP contribution in [0.5, 0.6) is 0 Å². The summed E-state index contributed by atoms with van der Waals surface area (Å²) >= 11 is 0. The highest BCUT2D eigenvalue weighted by Gasteiger charge is 2.29. The van der Waals surface area contributed by atoms with Gasteiger partial charge in [-0.05, 0) is 25.0 Å². The zero-order valence-electron chi connectivity index (χ0n) is 11.9. The molecule has 0 aromatic carbocycles. The van der Waals surface area contributed by atoms with Crippen molar-refractivity contribution < 1.29 is 13.2 Å². The van der Waals surface area contributed by atoms with Crippen LogP contribution in [0.25, 0.3) is 5.65 Å². The smallest absolute Gasteiger partial charge is 0.270 e. The van der Waals surface area contributed by atoms with Crippen LogP contribution in [0.1, 0.15) is 22.3 Å². The van der Waals surface area contributed by atoms with E-state index < -0.39 is 15.4 Å². The number of sulfone groups is 1. The van der Waals surface area contributed by atoms with E-state index in [9.17, 15) is 18.0 Å². The van der Waals surface area contributed by atoms with Crippen LogP contribution in [0.4, 0.5) is 5.82 Å². The summed E-state index contributed by atoms with van der Waals surface area (Å²) in [7, 11) is -3.06. The lowest BCUT2D eigenvalue weighted by atomic mass is 10.2. The van der Waals surface area contributed by atoms with Crippen LogP contribution in [0.2, 0.25) is 0 Å². The number of fused-ring (bicyclic) bond motifs is 1. The molecule has 1 N–H and O–H groups in total. The lowest BCUT2D eigenvalue weighted by Gasteiger charge is -2.14. The van der Waals surface area contributed by atoms with Gasteiger partial charge in [-0.15, -0.1) is 0 Å². The van der Waals surface area contributed by atoms with E-state index in [1.54, 1.807) is 12.3 Å². The van der Waals surface area contributed by atoms with Gasteiger partial charge in [0.2, 0.25) is 0 Å². The summed E-state index contributed by atoms with van der Waals surface area (Å²) in [5.74, 6) is 0.240. The largest absolute Gasteiger partial charge is 0.365 e. The molecule has 0 saturated carbocycles. The second-order valence-electron chi connectivity index (χ2n) is 5.43. The summed E-state index contributed by atoms with van der Waals surface area (Å²) in [5, 5.41) is 2.94. The van der Waals surface area contributed by atoms with E-state index in [0.717, 1.165) is 5.56 Å². The molecule has 2 aromatic heterocycles. The number of aromatic nitrogens is 2. The molecule has 3 rings (SSSR count). The first-order chi connectivity index (χ1) is 10.4. The Morgan fingerprint density at radius 1 is 1.45 bits per heavy atom. The number of carbonyl (C=O) groups excluding carboxylic acids is 1. The second kappa shape index (κ2) is 5.20. The molecule has 0 amide bonds. The van der Waals surface area contributed by atoms with Crippen LogP contribution >= 0.6 is 0 Å². The molecule has 1 atom stereocenters. The Balaban J connectivity index is 2.11. The SMILES string of the molecule is Cc1cccn2c(=O)c(C=O)c(N[C@@H]3CCS(=O)(=O)C3)nc12. The predicted octanol–water partition coefficient (Wildman–Crippen LogP) is 0.414. The number of pyridine rings is 1. The van der Waals surface area contributed by atoms with E-state index in [-0.39, 0.29) is 28.9 Å². The number of aryl methyl sites for hydroxylation is 1. The van der Waals surface area contributed by atoms with Crippen molar-refractivity contribution in [1.82, 2.24) is 9.38 Å². The van der Waals surface area contributed by atoms with E-state index in [1.165, 1.54) is 4.40 Å². The number of rotatable bonds is 3. The highest BCUT2D eigenvalue weighted by atomic mass is 32.2. The van der Waals surface area contributed by atoms with Crippen LogP contribution in [0.15, 0.2) is 23.1 Å². The van der Waals surface area contributed by atoms with Crippen LogP contribution < -0.4 is 10.9 Å². The molecule has 1 aliphatic rings. The minimum atomic E-state index is -3.06. The summed E-state index contributed by atoms with van der Waals surface area (Å²) in [5.41, 5.74) is 0.681. The first-order valence-corrected chi connectivity index (χ1v) is 8.67. The van der Waals surface area contributed by atoms with E-state index in [0.29, 0.717) is 18.4 Å². The predicted molar refractivity (Wildman–Crippen MR) is 82.3 cm³/mol. The van der Waals surface area contributed by atoms with Crippen molar-refractivity contribution in [3.8, 4) is 0 Å². The lowest BCUT2D eigenvalue weighted by molar-refractivity contribution is 0.112. The van der Waals surface area contributed by atoms with Gasteiger partial charge < -0.3 is 5.32 Å². The fourth-order valence-corrected chi connectivity index (χ4v) is 4.30. The van der Waals surface area contributed by atoms with Gasteiger partial charge in [-0.3, -0.25) is 14.0 Å². The van der Waals surface area contributed by atoms with Crippen molar-refractivity contribution in [3.63, 3.8) is 0 Å². The minimum absolute atomic E-state index is 0.0138. The van der Waals surface area contributed by atoms with Crippen molar-refractivity contribution in [2.45, 2.75) is 19.4 Å². The number of hydrogen-bond donors (Lipinski definition) is 1. The Labute approximate surface area is 126 Å². The maximum absolute atomic E-state index is 12.4. The highest BCUT2D eigenvalue weighted by Crippen LogP contribution is 2.18. The van der Waals surface area contributed by atoms with Gasteiger partial charge in [-0.25, -0.2) is 13.4 Å². The van der Waals surface area contributed by atoms with Crippen molar-refractivity contribution in [1.29, 1.82) is 0 Å². The molecular weight excluding hydrogens is 306 g/mol. The molecular formula is C14H15N3O4S. The minimum Gasteiger partial charge on any atom is -0.365 e. The van der Waals surface area contributed by atoms with Crippen LogP contribution in [0, 0.1) is 6.92 Å². The average molecular weight is 321 g/mol. The summed E-state index contributed by atoms with van der Waals surface area (Å²) in [6.07, 6.45) is 2.44. The Hall–Kier alpha value is -2.22. The quantitative estimate of drug-likeness (QED) is 0.823. The fraction of sp³-hybridized carbons (Fsp3) is 0.357. The van der Waals surface area contributed by atoms with E-state index >= 15 is 0 Å². The summed E-state index contributed by atoms with van der Waals surface area (Å²) in [6.45, 7) is 1.81. The summed E-state index contributed by atoms with van der Waals surface area (Å²) in [4.78, 5) is 28.0. The van der Waals surface area contributed by atoms with Crippen molar-refractivity contribution in [2.24, 2.45) is 0 Å². The number of aldehydes is 1. The monoisotopic (exact) mass is 321 g/mol. The van der Waals surface area contributed by atoms with E-state index in [4.69, 9.17) is 0 Å². The second-order valence-corrected chi connectivity index (χ2v) is 7.65. The molecule has 1 aliphatic heterocycles. The van der Waals surface area contributed by atoms with E-state index in [1.807, 2.05) is 13.0 Å². The molecule has 116 valence electrons. The van der Waals surface area contributed by atoms with Crippen molar-refractivity contribution in [3.05, 3.63) is 39.8 Å². The molecule has 3 heterocycles. The maximum Gasteiger partial charge on any atom is 0.270 e. The Morgan fingerprint density at radius 2 is 2.23 bits per heavy atom. The van der Waals surface area contributed by atoms with E-state index in [2.05, 4.69) is 10.3 Å². The fourth-order valence-electron chi connectivity index (χ4n) is 2.63. The number of nitrogens with one attached hydrogen (secondary N) is 1. The van der Waals surface area contributed by atoms with Gasteiger partial charge in [-0.2, -0.15) is 0 Å². The average Bonchev–Trinajstić information content (AvgIpc) is 2.80. The maximum atomic E-state index is 12.4. The van der Waals surface area contributed by atoms with Crippen LogP contribution in [-0.2, 0) is 9.84 Å². The molecule has 1 saturated heterocycles. The summed E-state index contributed by atoms with van der Waals surface area (Å²) < 4.78 is 24.4. The molecule has 0 unspecified atom stereocenters. The Morgan fingerprint density at radius 3 is 2.86 bits per heavy atom. The zero-order valence-corrected chi connectivity index (χ0v) is 12.8. The van der Waals surface area contributed by atoms with Gasteiger partial charge >= 0.3 is 0 Å². The Kier molecular flexibility index (Phi) is 3.48. The van der Waals surface area contributed by atoms with Crippen LogP contribution in [0.3, 0.4) is 0 Å². The zero-order chi connectivity index (χ0) is 15.9. The molecule has 7 nitrogen and oxygen atoms in total. The van der Waals surface area contributed by atoms with Crippen molar-refractivity contribution >= 4 is 27.6 Å². The molecule has 22 heavy (non-hydrogen) atoms. The van der Waals surface area contributed by atoms with Crippen LogP contribution in [-0.4, -0.2) is 41.6 Å². The normalized spacial score (nSPS) is 20.1. The molecule has 8 heteroatoms. The van der Waals surface area contributed by atoms with Gasteiger partial charge in [0.15, 0.2) is 16.1 Å². The first-order valence-electron chi connectivity index (χ1n) is 6.85. The van der Waals surface area contributed by atoms with Gasteiger partial charge in [0.25, 0.3) is 5.56 Å². The number of hydrogen-bond acceptors (Lipinski definition) is 6. The summed E-state index contributed by atoms with van der Waals surface area (Å²) in [6, 6.07) is 3.19. The third-order valence-corrected chi connectivity index (χ3v) is 5.54. The molecule has 1 fully saturated rings. The topological polar surface area (TPSA) is 97.6 Å². The standard InChI is InChI=1S/C14H15N3O4S/c1-9-3-2-5-17-13(9)16-12(11(7-18)14(17)19)15-10-4-6-22(20,21)8-10/h2-3,5,7,10,15H,4,6,8H2,1H3/t10-/m1/s1. The highest BCUT2D eigenvalue weighted by molar-refractivity contribution is 7.91. The lowest BCUT2D eigenvalue weighted by Crippen LogP contribution is -2.27. The number of anilines is 1. The van der Waals surface area contributed by atoms with Gasteiger partial charge in [0.1, 0.15) is 17.0 Å². The van der Waals surface area contributed by atoms with Crippen molar-refractivity contribution in [2.75, 3.05) is 16.8 Å². The third kappa shape index (κ3) is 2.50. The van der Waals surface area contributed by atoms with Gasteiger partial charge in [0.05, 0.1) is 11.5 Å². The van der Waals surface area contributed by atoms with Gasteiger partial charge in [-0.1, -0.05) is 6.07 Å². The Bertz CT molecular complexity index is 918. The molecule has 0 aliphatic carbocycles. The molecule has 0 bridgehead atoms. The third-order valence-electron chi connectivity index (χ3n) is 3.78.